The highest BCUT2D eigenvalue weighted by Gasteiger charge is 2.48. The maximum absolute atomic E-state index is 8.72. The van der Waals surface area contributed by atoms with Gasteiger partial charge in [-0.1, -0.05) is 12.1 Å². The topological polar surface area (TPSA) is 35.8 Å². The molecule has 0 saturated heterocycles. The fourth-order valence-corrected chi connectivity index (χ4v) is 5.16. The molecule has 2 heteroatoms. The molecule has 0 spiro atoms. The summed E-state index contributed by atoms with van der Waals surface area (Å²) in [6, 6.07) is 11.4. The molecule has 1 aromatic rings. The summed E-state index contributed by atoms with van der Waals surface area (Å²) in [5, 5.41) is 12.5. The predicted molar refractivity (Wildman–Crippen MR) is 80.2 cm³/mol. The second-order valence-corrected chi connectivity index (χ2v) is 7.13. The van der Waals surface area contributed by atoms with Gasteiger partial charge >= 0.3 is 0 Å². The molecule has 0 radical (unpaired) electrons. The zero-order valence-corrected chi connectivity index (χ0v) is 11.9. The van der Waals surface area contributed by atoms with Crippen LogP contribution in [0.3, 0.4) is 0 Å². The van der Waals surface area contributed by atoms with Crippen molar-refractivity contribution in [3.63, 3.8) is 0 Å². The Bertz CT molecular complexity index is 497. The van der Waals surface area contributed by atoms with Crippen LogP contribution in [0.15, 0.2) is 24.3 Å². The minimum Gasteiger partial charge on any atom is -0.382 e. The van der Waals surface area contributed by atoms with Crippen molar-refractivity contribution in [2.45, 2.75) is 44.6 Å². The lowest BCUT2D eigenvalue weighted by atomic mass is 9.54. The van der Waals surface area contributed by atoms with Gasteiger partial charge in [0.15, 0.2) is 0 Å². The van der Waals surface area contributed by atoms with Crippen LogP contribution in [0.5, 0.6) is 0 Å². The van der Waals surface area contributed by atoms with Gasteiger partial charge in [0, 0.05) is 11.7 Å². The molecule has 0 aliphatic heterocycles. The molecule has 0 amide bonds. The molecule has 4 fully saturated rings. The highest BCUT2D eigenvalue weighted by Crippen LogP contribution is 2.54. The number of hydrogen-bond acceptors (Lipinski definition) is 2. The van der Waals surface area contributed by atoms with Gasteiger partial charge in [0.25, 0.3) is 0 Å². The first kappa shape index (κ1) is 12.3. The van der Waals surface area contributed by atoms with E-state index in [4.69, 9.17) is 5.26 Å². The lowest BCUT2D eigenvalue weighted by Crippen LogP contribution is -2.51. The van der Waals surface area contributed by atoms with Crippen molar-refractivity contribution >= 4 is 5.69 Å². The number of nitrogens with zero attached hydrogens (tertiary/aromatic N) is 1. The van der Waals surface area contributed by atoms with Gasteiger partial charge in [-0.15, -0.1) is 0 Å². The third kappa shape index (κ3) is 2.10. The van der Waals surface area contributed by atoms with E-state index >= 15 is 0 Å². The van der Waals surface area contributed by atoms with Gasteiger partial charge < -0.3 is 5.32 Å². The standard InChI is InChI=1S/C18H22N2/c19-6-5-12-1-3-17(4-2-12)20-18-15-8-13-7-14(10-15)11-16(18)9-13/h1-4,13-16,18,20H,5,7-11H2. The van der Waals surface area contributed by atoms with E-state index in [1.165, 1.54) is 37.8 Å². The highest BCUT2D eigenvalue weighted by molar-refractivity contribution is 5.46. The van der Waals surface area contributed by atoms with E-state index in [2.05, 4.69) is 35.7 Å². The lowest BCUT2D eigenvalue weighted by Gasteiger charge is -2.54. The molecule has 5 rings (SSSR count). The first-order valence-corrected chi connectivity index (χ1v) is 8.04. The molecular weight excluding hydrogens is 244 g/mol. The molecule has 0 aromatic heterocycles. The Kier molecular flexibility index (Phi) is 2.95. The van der Waals surface area contributed by atoms with E-state index in [-0.39, 0.29) is 0 Å². The second kappa shape index (κ2) is 4.81. The molecule has 4 saturated carbocycles. The lowest BCUT2D eigenvalue weighted by molar-refractivity contribution is 0.00754. The molecule has 2 nitrogen and oxygen atoms in total. The Morgan fingerprint density at radius 3 is 2.10 bits per heavy atom. The van der Waals surface area contributed by atoms with Gasteiger partial charge in [0.2, 0.25) is 0 Å². The van der Waals surface area contributed by atoms with Crippen LogP contribution in [0.2, 0.25) is 0 Å². The molecule has 0 atom stereocenters. The van der Waals surface area contributed by atoms with Gasteiger partial charge in [0.1, 0.15) is 0 Å². The van der Waals surface area contributed by atoms with Crippen LogP contribution in [0.25, 0.3) is 0 Å². The Labute approximate surface area is 121 Å². The normalized spacial score (nSPS) is 37.6. The van der Waals surface area contributed by atoms with Crippen molar-refractivity contribution in [1.82, 2.24) is 0 Å². The second-order valence-electron chi connectivity index (χ2n) is 7.13. The number of anilines is 1. The fraction of sp³-hybridized carbons (Fsp3) is 0.611. The largest absolute Gasteiger partial charge is 0.382 e. The maximum Gasteiger partial charge on any atom is 0.0669 e. The Morgan fingerprint density at radius 1 is 0.950 bits per heavy atom. The van der Waals surface area contributed by atoms with E-state index in [1.54, 1.807) is 0 Å². The van der Waals surface area contributed by atoms with E-state index in [0.717, 1.165) is 29.2 Å². The van der Waals surface area contributed by atoms with Gasteiger partial charge in [-0.3, -0.25) is 0 Å². The first-order chi connectivity index (χ1) is 9.81. The molecule has 104 valence electrons. The van der Waals surface area contributed by atoms with Crippen LogP contribution in [0.1, 0.15) is 37.7 Å². The molecule has 4 aliphatic carbocycles. The molecule has 0 heterocycles. The molecule has 1 N–H and O–H groups in total. The minimum absolute atomic E-state index is 0.512. The average Bonchev–Trinajstić information content (AvgIpc) is 2.44. The minimum atomic E-state index is 0.512. The van der Waals surface area contributed by atoms with Crippen LogP contribution in [0, 0.1) is 35.0 Å². The van der Waals surface area contributed by atoms with Gasteiger partial charge in [-0.2, -0.15) is 5.26 Å². The highest BCUT2D eigenvalue weighted by atomic mass is 14.9. The smallest absolute Gasteiger partial charge is 0.0669 e. The van der Waals surface area contributed by atoms with E-state index in [0.29, 0.717) is 12.5 Å². The Balaban J connectivity index is 1.47. The monoisotopic (exact) mass is 266 g/mol. The van der Waals surface area contributed by atoms with Crippen molar-refractivity contribution in [2.75, 3.05) is 5.32 Å². The zero-order valence-electron chi connectivity index (χ0n) is 11.9. The summed E-state index contributed by atoms with van der Waals surface area (Å²) in [4.78, 5) is 0. The fourth-order valence-electron chi connectivity index (χ4n) is 5.16. The van der Waals surface area contributed by atoms with E-state index in [9.17, 15) is 0 Å². The van der Waals surface area contributed by atoms with Crippen LogP contribution >= 0.6 is 0 Å². The van der Waals surface area contributed by atoms with Crippen LogP contribution in [0.4, 0.5) is 5.69 Å². The molecule has 4 bridgehead atoms. The zero-order chi connectivity index (χ0) is 13.5. The SMILES string of the molecule is N#CCc1ccc(NC2C3CC4CC(C3)CC2C4)cc1. The van der Waals surface area contributed by atoms with Crippen LogP contribution < -0.4 is 5.32 Å². The number of nitrogens with one attached hydrogen (secondary N) is 1. The summed E-state index contributed by atoms with van der Waals surface area (Å²) in [5.41, 5.74) is 2.35. The Morgan fingerprint density at radius 2 is 1.55 bits per heavy atom. The predicted octanol–water partition coefficient (Wildman–Crippen LogP) is 3.99. The Hall–Kier alpha value is -1.49. The summed E-state index contributed by atoms with van der Waals surface area (Å²) in [5.74, 6) is 3.89. The molecule has 20 heavy (non-hydrogen) atoms. The quantitative estimate of drug-likeness (QED) is 0.898. The van der Waals surface area contributed by atoms with Gasteiger partial charge in [-0.05, 0) is 73.5 Å². The number of benzene rings is 1. The van der Waals surface area contributed by atoms with Gasteiger partial charge in [0.05, 0.1) is 12.5 Å². The summed E-state index contributed by atoms with van der Waals surface area (Å²) in [6.45, 7) is 0. The van der Waals surface area contributed by atoms with Crippen molar-refractivity contribution in [1.29, 1.82) is 5.26 Å². The summed E-state index contributed by atoms with van der Waals surface area (Å²) >= 11 is 0. The van der Waals surface area contributed by atoms with Crippen molar-refractivity contribution in [2.24, 2.45) is 23.7 Å². The van der Waals surface area contributed by atoms with Crippen molar-refractivity contribution < 1.29 is 0 Å². The number of rotatable bonds is 3. The van der Waals surface area contributed by atoms with E-state index < -0.39 is 0 Å². The third-order valence-corrected chi connectivity index (χ3v) is 5.80. The number of hydrogen-bond donors (Lipinski definition) is 1. The molecule has 4 aliphatic rings. The summed E-state index contributed by atoms with van der Waals surface area (Å²) in [6.07, 6.45) is 7.85. The summed E-state index contributed by atoms with van der Waals surface area (Å²) in [7, 11) is 0. The van der Waals surface area contributed by atoms with Crippen molar-refractivity contribution in [3.05, 3.63) is 29.8 Å². The number of nitriles is 1. The van der Waals surface area contributed by atoms with Crippen LogP contribution in [-0.4, -0.2) is 6.04 Å². The first-order valence-electron chi connectivity index (χ1n) is 8.04. The molecule has 0 unspecified atom stereocenters. The maximum atomic E-state index is 8.72. The molecular formula is C18H22N2. The van der Waals surface area contributed by atoms with Crippen molar-refractivity contribution in [3.8, 4) is 6.07 Å². The average molecular weight is 266 g/mol. The molecule has 1 aromatic carbocycles. The summed E-state index contributed by atoms with van der Waals surface area (Å²) < 4.78 is 0. The van der Waals surface area contributed by atoms with E-state index in [1.807, 2.05) is 0 Å². The van der Waals surface area contributed by atoms with Gasteiger partial charge in [-0.25, -0.2) is 0 Å². The third-order valence-electron chi connectivity index (χ3n) is 5.80. The van der Waals surface area contributed by atoms with Crippen LogP contribution in [-0.2, 0) is 6.42 Å².